The molecule has 0 radical (unpaired) electrons. The van der Waals surface area contributed by atoms with Crippen molar-refractivity contribution in [3.8, 4) is 11.5 Å². The largest absolute Gasteiger partial charge is 0.497 e. The predicted octanol–water partition coefficient (Wildman–Crippen LogP) is 5.06. The fourth-order valence-corrected chi connectivity index (χ4v) is 4.07. The molecule has 0 fully saturated rings. The van der Waals surface area contributed by atoms with Gasteiger partial charge in [0.2, 0.25) is 0 Å². The summed E-state index contributed by atoms with van der Waals surface area (Å²) < 4.78 is 16.6. The molecule has 4 aromatic rings. The quantitative estimate of drug-likeness (QED) is 0.307. The number of methoxy groups -OCH3 is 2. The van der Waals surface area contributed by atoms with Crippen LogP contribution in [-0.2, 0) is 16.0 Å². The van der Waals surface area contributed by atoms with Crippen LogP contribution in [-0.4, -0.2) is 37.8 Å². The molecule has 0 aliphatic heterocycles. The van der Waals surface area contributed by atoms with Crippen molar-refractivity contribution in [2.24, 2.45) is 0 Å². The zero-order valence-electron chi connectivity index (χ0n) is 19.5. The normalized spacial score (nSPS) is 12.8. The molecule has 2 atom stereocenters. The Bertz CT molecular complexity index is 1190. The Balaban J connectivity index is 1.44. The highest BCUT2D eigenvalue weighted by Gasteiger charge is 2.22. The van der Waals surface area contributed by atoms with Crippen LogP contribution >= 0.6 is 0 Å². The summed E-state index contributed by atoms with van der Waals surface area (Å²) in [6.07, 6.45) is 3.00. The van der Waals surface area contributed by atoms with E-state index < -0.39 is 6.04 Å². The number of rotatable bonds is 11. The van der Waals surface area contributed by atoms with Crippen LogP contribution in [0.4, 0.5) is 0 Å². The second-order valence-electron chi connectivity index (χ2n) is 8.07. The van der Waals surface area contributed by atoms with Crippen molar-refractivity contribution < 1.29 is 19.0 Å². The fourth-order valence-electron chi connectivity index (χ4n) is 4.07. The van der Waals surface area contributed by atoms with Crippen LogP contribution < -0.4 is 14.8 Å². The molecule has 0 aliphatic carbocycles. The molecule has 176 valence electrons. The first kappa shape index (κ1) is 23.4. The number of benzene rings is 3. The number of fused-ring (bicyclic) bond motifs is 1. The minimum atomic E-state index is -0.457. The Kier molecular flexibility index (Phi) is 7.83. The average molecular weight is 459 g/mol. The number of aromatic nitrogens is 1. The molecule has 0 aliphatic rings. The van der Waals surface area contributed by atoms with E-state index in [0.717, 1.165) is 33.5 Å². The summed E-state index contributed by atoms with van der Waals surface area (Å²) in [7, 11) is 3.06. The van der Waals surface area contributed by atoms with E-state index in [9.17, 15) is 4.79 Å². The third-order valence-electron chi connectivity index (χ3n) is 5.89. The van der Waals surface area contributed by atoms with Gasteiger partial charge in [-0.2, -0.15) is 0 Å². The molecule has 1 aromatic heterocycles. The maximum atomic E-state index is 12.5. The molecule has 2 N–H and O–H groups in total. The molecule has 6 heteroatoms. The van der Waals surface area contributed by atoms with E-state index in [2.05, 4.69) is 28.5 Å². The van der Waals surface area contributed by atoms with Crippen molar-refractivity contribution in [1.29, 1.82) is 0 Å². The molecule has 1 heterocycles. The van der Waals surface area contributed by atoms with Crippen LogP contribution in [0.25, 0.3) is 10.9 Å². The summed E-state index contributed by atoms with van der Waals surface area (Å²) in [6, 6.07) is 25.3. The number of aromatic amines is 1. The van der Waals surface area contributed by atoms with Crippen LogP contribution in [0, 0.1) is 0 Å². The molecular weight excluding hydrogens is 428 g/mol. The zero-order valence-corrected chi connectivity index (χ0v) is 19.5. The molecule has 0 amide bonds. The molecule has 0 bridgehead atoms. The Hall–Kier alpha value is -3.77. The Morgan fingerprint density at radius 3 is 2.35 bits per heavy atom. The topological polar surface area (TPSA) is 72.6 Å². The van der Waals surface area contributed by atoms with Crippen LogP contribution in [0.3, 0.4) is 0 Å². The van der Waals surface area contributed by atoms with Gasteiger partial charge in [0, 0.05) is 29.9 Å². The van der Waals surface area contributed by atoms with Gasteiger partial charge in [-0.15, -0.1) is 0 Å². The van der Waals surface area contributed by atoms with Crippen LogP contribution in [0.1, 0.15) is 23.7 Å². The highest BCUT2D eigenvalue weighted by molar-refractivity contribution is 5.84. The van der Waals surface area contributed by atoms with Gasteiger partial charge in [0.15, 0.2) is 0 Å². The van der Waals surface area contributed by atoms with E-state index in [0.29, 0.717) is 19.4 Å². The first-order chi connectivity index (χ1) is 16.7. The first-order valence-corrected chi connectivity index (χ1v) is 11.4. The van der Waals surface area contributed by atoms with E-state index in [1.165, 1.54) is 7.11 Å². The SMILES string of the molecule is COC(=O)[C@H](Cc1c[nH]c2ccccc12)NCCC(Oc1ccc(OC)cc1)c1ccccc1. The number of carbonyl (C=O) groups excluding carboxylic acids is 1. The average Bonchev–Trinajstić information content (AvgIpc) is 3.30. The lowest BCUT2D eigenvalue weighted by molar-refractivity contribution is -0.143. The summed E-state index contributed by atoms with van der Waals surface area (Å²) in [6.45, 7) is 0.581. The summed E-state index contributed by atoms with van der Waals surface area (Å²) >= 11 is 0. The van der Waals surface area contributed by atoms with E-state index in [1.54, 1.807) is 7.11 Å². The molecule has 6 nitrogen and oxygen atoms in total. The lowest BCUT2D eigenvalue weighted by Gasteiger charge is -2.22. The second kappa shape index (κ2) is 11.4. The zero-order chi connectivity index (χ0) is 23.8. The van der Waals surface area contributed by atoms with Gasteiger partial charge in [0.05, 0.1) is 14.2 Å². The number of esters is 1. The molecular formula is C28H30N2O4. The highest BCUT2D eigenvalue weighted by Crippen LogP contribution is 2.26. The van der Waals surface area contributed by atoms with Gasteiger partial charge in [-0.05, 0) is 48.0 Å². The summed E-state index contributed by atoms with van der Waals surface area (Å²) in [4.78, 5) is 15.8. The first-order valence-electron chi connectivity index (χ1n) is 11.4. The van der Waals surface area contributed by atoms with Gasteiger partial charge >= 0.3 is 5.97 Å². The Labute approximate surface area is 199 Å². The number of hydrogen-bond donors (Lipinski definition) is 2. The van der Waals surface area contributed by atoms with Gasteiger partial charge in [0.1, 0.15) is 23.6 Å². The molecule has 34 heavy (non-hydrogen) atoms. The van der Waals surface area contributed by atoms with Crippen molar-refractivity contribution in [2.45, 2.75) is 25.0 Å². The van der Waals surface area contributed by atoms with E-state index in [1.807, 2.05) is 66.9 Å². The monoisotopic (exact) mass is 458 g/mol. The van der Waals surface area contributed by atoms with Gasteiger partial charge in [-0.3, -0.25) is 4.79 Å². The van der Waals surface area contributed by atoms with Crippen LogP contribution in [0.2, 0.25) is 0 Å². The number of carbonyl (C=O) groups is 1. The standard InChI is InChI=1S/C28H30N2O4/c1-32-22-12-14-23(15-13-22)34-27(20-8-4-3-5-9-20)16-17-29-26(28(31)33-2)18-21-19-30-25-11-7-6-10-24(21)25/h3-15,19,26-27,29-30H,16-18H2,1-2H3/t26-,27?/m0/s1. The predicted molar refractivity (Wildman–Crippen MR) is 133 cm³/mol. The molecule has 0 saturated heterocycles. The van der Waals surface area contributed by atoms with Crippen molar-refractivity contribution in [3.63, 3.8) is 0 Å². The number of para-hydroxylation sites is 1. The third kappa shape index (κ3) is 5.77. The van der Waals surface area contributed by atoms with Crippen LogP contribution in [0.15, 0.2) is 85.1 Å². The van der Waals surface area contributed by atoms with Crippen molar-refractivity contribution in [3.05, 3.63) is 96.2 Å². The summed E-state index contributed by atoms with van der Waals surface area (Å²) in [5, 5.41) is 4.50. The van der Waals surface area contributed by atoms with Gasteiger partial charge in [0.25, 0.3) is 0 Å². The number of H-pyrrole nitrogens is 1. The lowest BCUT2D eigenvalue weighted by atomic mass is 10.0. The van der Waals surface area contributed by atoms with E-state index in [-0.39, 0.29) is 12.1 Å². The minimum absolute atomic E-state index is 0.173. The van der Waals surface area contributed by atoms with Crippen molar-refractivity contribution in [2.75, 3.05) is 20.8 Å². The maximum absolute atomic E-state index is 12.5. The third-order valence-corrected chi connectivity index (χ3v) is 5.89. The van der Waals surface area contributed by atoms with Crippen molar-refractivity contribution in [1.82, 2.24) is 10.3 Å². The highest BCUT2D eigenvalue weighted by atomic mass is 16.5. The molecule has 1 unspecified atom stereocenters. The molecule has 3 aromatic carbocycles. The fraction of sp³-hybridized carbons (Fsp3) is 0.250. The van der Waals surface area contributed by atoms with Gasteiger partial charge in [-0.1, -0.05) is 48.5 Å². The van der Waals surface area contributed by atoms with Gasteiger partial charge < -0.3 is 24.5 Å². The molecule has 4 rings (SSSR count). The molecule has 0 saturated carbocycles. The number of ether oxygens (including phenoxy) is 3. The lowest BCUT2D eigenvalue weighted by Crippen LogP contribution is -2.40. The van der Waals surface area contributed by atoms with Crippen molar-refractivity contribution >= 4 is 16.9 Å². The molecule has 0 spiro atoms. The summed E-state index contributed by atoms with van der Waals surface area (Å²) in [5.41, 5.74) is 3.21. The maximum Gasteiger partial charge on any atom is 0.323 e. The smallest absolute Gasteiger partial charge is 0.323 e. The Morgan fingerprint density at radius 1 is 0.912 bits per heavy atom. The van der Waals surface area contributed by atoms with Gasteiger partial charge in [-0.25, -0.2) is 0 Å². The van der Waals surface area contributed by atoms with Crippen LogP contribution in [0.5, 0.6) is 11.5 Å². The Morgan fingerprint density at radius 2 is 1.62 bits per heavy atom. The number of hydrogen-bond acceptors (Lipinski definition) is 5. The minimum Gasteiger partial charge on any atom is -0.497 e. The summed E-state index contributed by atoms with van der Waals surface area (Å²) in [5.74, 6) is 1.26. The van der Waals surface area contributed by atoms with E-state index in [4.69, 9.17) is 14.2 Å². The van der Waals surface area contributed by atoms with E-state index >= 15 is 0 Å². The number of nitrogens with one attached hydrogen (secondary N) is 2. The second-order valence-corrected chi connectivity index (χ2v) is 8.07.